The van der Waals surface area contributed by atoms with Gasteiger partial charge in [0.2, 0.25) is 0 Å². The summed E-state index contributed by atoms with van der Waals surface area (Å²) in [4.78, 5) is 0.627. The Kier molecular flexibility index (Phi) is 2.59. The molecular formula is C6H6BrNOS. The van der Waals surface area contributed by atoms with E-state index in [4.69, 9.17) is 5.14 Å². The van der Waals surface area contributed by atoms with Crippen LogP contribution in [0.5, 0.6) is 0 Å². The van der Waals surface area contributed by atoms with Crippen molar-refractivity contribution in [3.8, 4) is 0 Å². The second-order valence-corrected chi connectivity index (χ2v) is 3.62. The third kappa shape index (κ3) is 1.65. The summed E-state index contributed by atoms with van der Waals surface area (Å²) in [6, 6.07) is 7.17. The molecule has 1 unspecified atom stereocenters. The Morgan fingerprint density at radius 2 is 2.00 bits per heavy atom. The smallest absolute Gasteiger partial charge is 0.123 e. The van der Waals surface area contributed by atoms with Crippen LogP contribution in [0.15, 0.2) is 33.6 Å². The molecule has 1 rings (SSSR count). The van der Waals surface area contributed by atoms with Gasteiger partial charge in [0.15, 0.2) is 0 Å². The lowest BCUT2D eigenvalue weighted by molar-refractivity contribution is 0.684. The second-order valence-electron chi connectivity index (χ2n) is 1.73. The lowest BCUT2D eigenvalue weighted by atomic mass is 10.4. The summed E-state index contributed by atoms with van der Waals surface area (Å²) < 4.78 is 11.5. The van der Waals surface area contributed by atoms with Crippen molar-refractivity contribution >= 4 is 26.9 Å². The number of rotatable bonds is 1. The minimum atomic E-state index is -1.39. The van der Waals surface area contributed by atoms with Crippen molar-refractivity contribution in [1.82, 2.24) is 0 Å². The Bertz CT molecular complexity index is 264. The number of benzene rings is 1. The van der Waals surface area contributed by atoms with Gasteiger partial charge in [-0.1, -0.05) is 12.1 Å². The zero-order valence-corrected chi connectivity index (χ0v) is 7.48. The van der Waals surface area contributed by atoms with Crippen LogP contribution in [0.3, 0.4) is 0 Å². The monoisotopic (exact) mass is 219 g/mol. The maximum Gasteiger partial charge on any atom is 0.123 e. The maximum atomic E-state index is 10.7. The molecule has 4 heteroatoms. The van der Waals surface area contributed by atoms with Gasteiger partial charge in [0.25, 0.3) is 0 Å². The molecule has 0 bridgehead atoms. The van der Waals surface area contributed by atoms with Crippen molar-refractivity contribution in [2.45, 2.75) is 4.90 Å². The SMILES string of the molecule is NS(=O)c1ccccc1Br. The van der Waals surface area contributed by atoms with Crippen molar-refractivity contribution < 1.29 is 4.21 Å². The van der Waals surface area contributed by atoms with E-state index >= 15 is 0 Å². The predicted molar refractivity (Wildman–Crippen MR) is 44.7 cm³/mol. The largest absolute Gasteiger partial charge is 0.248 e. The van der Waals surface area contributed by atoms with Gasteiger partial charge in [-0.05, 0) is 28.1 Å². The molecule has 0 aromatic heterocycles. The molecule has 0 aliphatic carbocycles. The van der Waals surface area contributed by atoms with E-state index in [9.17, 15) is 4.21 Å². The van der Waals surface area contributed by atoms with Crippen molar-refractivity contribution in [2.24, 2.45) is 5.14 Å². The highest BCUT2D eigenvalue weighted by molar-refractivity contribution is 9.10. The Morgan fingerprint density at radius 1 is 1.40 bits per heavy atom. The molecule has 0 fully saturated rings. The summed E-state index contributed by atoms with van der Waals surface area (Å²) in [5.74, 6) is 0. The standard InChI is InChI=1S/C6H6BrNOS/c7-5-3-1-2-4-6(5)10(8)9/h1-4H,8H2. The van der Waals surface area contributed by atoms with E-state index in [1.165, 1.54) is 0 Å². The fraction of sp³-hybridized carbons (Fsp3) is 0. The van der Waals surface area contributed by atoms with Crippen LogP contribution in [-0.4, -0.2) is 4.21 Å². The number of hydrogen-bond donors (Lipinski definition) is 1. The van der Waals surface area contributed by atoms with E-state index in [1.807, 2.05) is 6.07 Å². The first-order chi connectivity index (χ1) is 4.72. The Morgan fingerprint density at radius 3 is 2.40 bits per heavy atom. The first-order valence-corrected chi connectivity index (χ1v) is 4.63. The molecule has 2 N–H and O–H groups in total. The van der Waals surface area contributed by atoms with Crippen LogP contribution in [0.25, 0.3) is 0 Å². The molecule has 2 nitrogen and oxygen atoms in total. The van der Waals surface area contributed by atoms with Crippen LogP contribution >= 0.6 is 15.9 Å². The van der Waals surface area contributed by atoms with Crippen molar-refractivity contribution in [3.63, 3.8) is 0 Å². The quantitative estimate of drug-likeness (QED) is 0.764. The van der Waals surface area contributed by atoms with Crippen LogP contribution in [0.2, 0.25) is 0 Å². The van der Waals surface area contributed by atoms with Gasteiger partial charge in [-0.15, -0.1) is 0 Å². The van der Waals surface area contributed by atoms with Crippen LogP contribution in [-0.2, 0) is 11.0 Å². The van der Waals surface area contributed by atoms with E-state index in [0.717, 1.165) is 4.47 Å². The third-order valence-corrected chi connectivity index (χ3v) is 2.80. The summed E-state index contributed by atoms with van der Waals surface area (Å²) in [6.07, 6.45) is 0. The highest BCUT2D eigenvalue weighted by atomic mass is 79.9. The zero-order valence-electron chi connectivity index (χ0n) is 5.08. The maximum absolute atomic E-state index is 10.7. The molecule has 0 saturated carbocycles. The van der Waals surface area contributed by atoms with Crippen molar-refractivity contribution in [3.05, 3.63) is 28.7 Å². The molecule has 10 heavy (non-hydrogen) atoms. The summed E-state index contributed by atoms with van der Waals surface area (Å²) in [5.41, 5.74) is 0. The topological polar surface area (TPSA) is 43.1 Å². The van der Waals surface area contributed by atoms with Gasteiger partial charge in [0, 0.05) is 4.47 Å². The molecule has 54 valence electrons. The van der Waals surface area contributed by atoms with Crippen molar-refractivity contribution in [2.75, 3.05) is 0 Å². The average molecular weight is 220 g/mol. The highest BCUT2D eigenvalue weighted by Crippen LogP contribution is 2.17. The first kappa shape index (κ1) is 7.91. The summed E-state index contributed by atoms with van der Waals surface area (Å²) in [5, 5.41) is 5.16. The predicted octanol–water partition coefficient (Wildman–Crippen LogP) is 1.43. The molecule has 1 aromatic carbocycles. The van der Waals surface area contributed by atoms with Crippen molar-refractivity contribution in [1.29, 1.82) is 0 Å². The molecule has 1 aromatic rings. The highest BCUT2D eigenvalue weighted by Gasteiger charge is 2.00. The van der Waals surface area contributed by atoms with E-state index in [0.29, 0.717) is 4.90 Å². The molecule has 0 amide bonds. The molecule has 0 saturated heterocycles. The Labute approximate surface area is 70.1 Å². The minimum absolute atomic E-state index is 0.627. The van der Waals surface area contributed by atoms with E-state index < -0.39 is 11.0 Å². The number of halogens is 1. The van der Waals surface area contributed by atoms with Crippen LogP contribution in [0.1, 0.15) is 0 Å². The summed E-state index contributed by atoms with van der Waals surface area (Å²) in [7, 11) is -1.39. The fourth-order valence-corrected chi connectivity index (χ4v) is 1.84. The van der Waals surface area contributed by atoms with E-state index in [-0.39, 0.29) is 0 Å². The van der Waals surface area contributed by atoms with E-state index in [1.54, 1.807) is 18.2 Å². The lowest BCUT2D eigenvalue weighted by Gasteiger charge is -1.96. The minimum Gasteiger partial charge on any atom is -0.248 e. The molecule has 0 aliphatic heterocycles. The molecule has 0 radical (unpaired) electrons. The summed E-state index contributed by atoms with van der Waals surface area (Å²) >= 11 is 3.22. The molecule has 0 aliphatic rings. The van der Waals surface area contributed by atoms with E-state index in [2.05, 4.69) is 15.9 Å². The van der Waals surface area contributed by atoms with Gasteiger partial charge in [-0.2, -0.15) is 0 Å². The van der Waals surface area contributed by atoms with Gasteiger partial charge in [-0.25, -0.2) is 9.35 Å². The number of hydrogen-bond acceptors (Lipinski definition) is 1. The van der Waals surface area contributed by atoms with Gasteiger partial charge in [0.05, 0.1) is 4.90 Å². The Balaban J connectivity index is 3.15. The van der Waals surface area contributed by atoms with Crippen LogP contribution in [0, 0.1) is 0 Å². The second kappa shape index (κ2) is 3.27. The first-order valence-electron chi connectivity index (χ1n) is 2.62. The molecule has 1 atom stereocenters. The lowest BCUT2D eigenvalue weighted by Crippen LogP contribution is -2.02. The van der Waals surface area contributed by atoms with Gasteiger partial charge < -0.3 is 0 Å². The third-order valence-electron chi connectivity index (χ3n) is 1.05. The normalized spacial score (nSPS) is 13.0. The average Bonchev–Trinajstić information content (AvgIpc) is 1.88. The Hall–Kier alpha value is -0.190. The van der Waals surface area contributed by atoms with Gasteiger partial charge >= 0.3 is 0 Å². The van der Waals surface area contributed by atoms with Gasteiger partial charge in [0.1, 0.15) is 11.0 Å². The molecular weight excluding hydrogens is 214 g/mol. The molecule has 0 spiro atoms. The number of nitrogens with two attached hydrogens (primary N) is 1. The summed E-state index contributed by atoms with van der Waals surface area (Å²) in [6.45, 7) is 0. The fourth-order valence-electron chi connectivity index (χ4n) is 0.608. The van der Waals surface area contributed by atoms with Gasteiger partial charge in [-0.3, -0.25) is 0 Å². The van der Waals surface area contributed by atoms with Crippen LogP contribution in [0.4, 0.5) is 0 Å². The molecule has 0 heterocycles. The zero-order chi connectivity index (χ0) is 7.56. The van der Waals surface area contributed by atoms with Crippen LogP contribution < -0.4 is 5.14 Å².